The minimum Gasteiger partial charge on any atom is -0.491 e. The summed E-state index contributed by atoms with van der Waals surface area (Å²) < 4.78 is 12.1. The molecule has 7 rings (SSSR count). The molecule has 3 aromatic carbocycles. The summed E-state index contributed by atoms with van der Waals surface area (Å²) in [5.74, 6) is -0.746. The van der Waals surface area contributed by atoms with Gasteiger partial charge in [-0.1, -0.05) is 60.7 Å². The Morgan fingerprint density at radius 3 is 2.33 bits per heavy atom. The van der Waals surface area contributed by atoms with Crippen LogP contribution >= 0.6 is 0 Å². The molecule has 0 spiro atoms. The van der Waals surface area contributed by atoms with E-state index >= 15 is 0 Å². The van der Waals surface area contributed by atoms with Crippen molar-refractivity contribution in [2.24, 2.45) is 0 Å². The molecule has 5 N–H and O–H groups in total. The SMILES string of the molecule is COc1c(N[C@@H]2CCN(c3nc(NCC(c4ccccc4)c4ccccc4)c4ncn([C@@H]5O[C@H](C(=O)O)[C@@H](O)[C@H]5O)c4n3)C2)c(=O)c1=O. The number of aliphatic hydroxyl groups excluding tert-OH is 2. The number of carboxylic acids is 1. The fourth-order valence-corrected chi connectivity index (χ4v) is 6.41. The molecule has 2 aromatic heterocycles. The highest BCUT2D eigenvalue weighted by Gasteiger charge is 2.48. The summed E-state index contributed by atoms with van der Waals surface area (Å²) >= 11 is 0. The van der Waals surface area contributed by atoms with Crippen molar-refractivity contribution in [3.63, 3.8) is 0 Å². The summed E-state index contributed by atoms with van der Waals surface area (Å²) in [6.45, 7) is 1.33. The van der Waals surface area contributed by atoms with Crippen LogP contribution in [0.2, 0.25) is 0 Å². The molecule has 0 radical (unpaired) electrons. The van der Waals surface area contributed by atoms with Crippen LogP contribution in [0.1, 0.15) is 29.7 Å². The van der Waals surface area contributed by atoms with Crippen LogP contribution in [0.25, 0.3) is 11.2 Å². The largest absolute Gasteiger partial charge is 0.491 e. The molecule has 15 heteroatoms. The summed E-state index contributed by atoms with van der Waals surface area (Å²) in [6.07, 6.45) is -4.18. The first kappa shape index (κ1) is 31.2. The van der Waals surface area contributed by atoms with E-state index in [1.807, 2.05) is 41.3 Å². The van der Waals surface area contributed by atoms with Crippen LogP contribution in [0.15, 0.2) is 76.6 Å². The Morgan fingerprint density at radius 1 is 1.02 bits per heavy atom. The molecule has 2 aliphatic rings. The Kier molecular flexibility index (Phi) is 8.24. The number of benzene rings is 2. The molecule has 2 saturated heterocycles. The lowest BCUT2D eigenvalue weighted by atomic mass is 9.91. The number of carbonyl (C=O) groups is 1. The first-order valence-corrected chi connectivity index (χ1v) is 15.5. The van der Waals surface area contributed by atoms with Crippen molar-refractivity contribution in [1.29, 1.82) is 0 Å². The van der Waals surface area contributed by atoms with E-state index in [1.54, 1.807) is 0 Å². The third kappa shape index (κ3) is 5.51. The van der Waals surface area contributed by atoms with Gasteiger partial charge in [0.2, 0.25) is 5.95 Å². The lowest BCUT2D eigenvalue weighted by molar-refractivity contribution is -0.155. The number of imidazole rings is 1. The predicted octanol–water partition coefficient (Wildman–Crippen LogP) is 1.07. The molecule has 0 bridgehead atoms. The maximum absolute atomic E-state index is 12.1. The topological polar surface area (TPSA) is 201 Å². The summed E-state index contributed by atoms with van der Waals surface area (Å²) in [5.41, 5.74) is 1.64. The molecular weight excluding hydrogens is 622 g/mol. The van der Waals surface area contributed by atoms with Crippen LogP contribution in [-0.2, 0) is 9.53 Å². The number of hydrogen-bond donors (Lipinski definition) is 5. The van der Waals surface area contributed by atoms with Crippen LogP contribution in [0.4, 0.5) is 17.5 Å². The highest BCUT2D eigenvalue weighted by molar-refractivity contribution is 5.85. The smallest absolute Gasteiger partial charge is 0.335 e. The van der Waals surface area contributed by atoms with Gasteiger partial charge in [-0.15, -0.1) is 0 Å². The van der Waals surface area contributed by atoms with Gasteiger partial charge in [-0.2, -0.15) is 9.97 Å². The van der Waals surface area contributed by atoms with Crippen molar-refractivity contribution in [2.45, 2.75) is 42.9 Å². The Hall–Kier alpha value is -5.38. The summed E-state index contributed by atoms with van der Waals surface area (Å²) in [6, 6.07) is 19.9. The quantitative estimate of drug-likeness (QED) is 0.127. The van der Waals surface area contributed by atoms with Crippen LogP contribution < -0.4 is 31.1 Å². The van der Waals surface area contributed by atoms with Crippen LogP contribution in [0, 0.1) is 0 Å². The number of nitrogens with one attached hydrogen (secondary N) is 2. The predicted molar refractivity (Wildman–Crippen MR) is 174 cm³/mol. The molecule has 4 heterocycles. The average Bonchev–Trinajstić information content (AvgIpc) is 3.83. The Bertz CT molecular complexity index is 1970. The molecule has 2 fully saturated rings. The van der Waals surface area contributed by atoms with Gasteiger partial charge in [0.05, 0.1) is 13.4 Å². The average molecular weight is 656 g/mol. The Morgan fingerprint density at radius 2 is 1.71 bits per heavy atom. The lowest BCUT2D eigenvalue weighted by Gasteiger charge is -2.22. The molecule has 0 unspecified atom stereocenters. The maximum Gasteiger partial charge on any atom is 0.335 e. The number of aliphatic hydroxyl groups is 2. The van der Waals surface area contributed by atoms with E-state index in [0.717, 1.165) is 11.1 Å². The number of aliphatic carboxylic acids is 1. The zero-order valence-electron chi connectivity index (χ0n) is 25.8. The highest BCUT2D eigenvalue weighted by atomic mass is 16.6. The van der Waals surface area contributed by atoms with Gasteiger partial charge in [0.25, 0.3) is 10.9 Å². The molecule has 248 valence electrons. The lowest BCUT2D eigenvalue weighted by Crippen LogP contribution is -2.38. The van der Waals surface area contributed by atoms with Gasteiger partial charge in [-0.3, -0.25) is 14.2 Å². The van der Waals surface area contributed by atoms with E-state index in [9.17, 15) is 29.7 Å². The van der Waals surface area contributed by atoms with E-state index in [-0.39, 0.29) is 29.0 Å². The number of aromatic nitrogens is 4. The first-order valence-electron chi connectivity index (χ1n) is 15.5. The first-order chi connectivity index (χ1) is 23.2. The molecular formula is C33H33N7O8. The van der Waals surface area contributed by atoms with Gasteiger partial charge in [0.15, 0.2) is 35.1 Å². The summed E-state index contributed by atoms with van der Waals surface area (Å²) in [5, 5.41) is 37.3. The molecule has 48 heavy (non-hydrogen) atoms. The van der Waals surface area contributed by atoms with E-state index in [0.29, 0.717) is 43.3 Å². The van der Waals surface area contributed by atoms with Gasteiger partial charge in [0, 0.05) is 31.6 Å². The molecule has 5 atom stereocenters. The van der Waals surface area contributed by atoms with Crippen molar-refractivity contribution in [3.8, 4) is 5.75 Å². The molecule has 0 aliphatic carbocycles. The molecule has 0 amide bonds. The standard InChI is InChI=1S/C33H33N7O8/c1-47-27-21(23(41)24(27)42)36-19-12-13-39(15-19)33-37-29(34-14-20(17-8-4-2-5-9-17)18-10-6-3-7-11-18)22-30(38-33)40(16-35-22)31-26(44)25(43)28(48-31)32(45)46/h2-11,16,19-20,25-26,28,31,36,43-44H,12-15H2,1H3,(H,45,46)(H,34,37,38)/t19-,25+,26-,28+,31-/m1/s1. The molecule has 15 nitrogen and oxygen atoms in total. The molecule has 5 aromatic rings. The van der Waals surface area contributed by atoms with Crippen molar-refractivity contribution < 1.29 is 29.6 Å². The van der Waals surface area contributed by atoms with E-state index < -0.39 is 41.4 Å². The van der Waals surface area contributed by atoms with E-state index in [1.165, 1.54) is 18.0 Å². The summed E-state index contributed by atoms with van der Waals surface area (Å²) in [7, 11) is 1.34. The van der Waals surface area contributed by atoms with Crippen LogP contribution in [-0.4, -0.2) is 91.9 Å². The van der Waals surface area contributed by atoms with Gasteiger partial charge in [-0.25, -0.2) is 9.78 Å². The number of nitrogens with zero attached hydrogens (tertiary/aromatic N) is 5. The van der Waals surface area contributed by atoms with Crippen LogP contribution in [0.5, 0.6) is 5.75 Å². The minimum absolute atomic E-state index is 0.00914. The zero-order chi connectivity index (χ0) is 33.5. The Labute approximate surface area is 273 Å². The number of ether oxygens (including phenoxy) is 2. The normalized spacial score (nSPS) is 22.5. The second-order valence-electron chi connectivity index (χ2n) is 11.9. The van der Waals surface area contributed by atoms with Crippen LogP contribution in [0.3, 0.4) is 0 Å². The van der Waals surface area contributed by atoms with E-state index in [2.05, 4.69) is 39.9 Å². The number of carboxylic acid groups (broad SMARTS) is 1. The second kappa shape index (κ2) is 12.7. The number of fused-ring (bicyclic) bond motifs is 1. The van der Waals surface area contributed by atoms with Gasteiger partial charge in [-0.05, 0) is 17.5 Å². The van der Waals surface area contributed by atoms with Crippen molar-refractivity contribution >= 4 is 34.6 Å². The summed E-state index contributed by atoms with van der Waals surface area (Å²) in [4.78, 5) is 51.7. The highest BCUT2D eigenvalue weighted by Crippen LogP contribution is 2.35. The third-order valence-electron chi connectivity index (χ3n) is 8.93. The third-order valence-corrected chi connectivity index (χ3v) is 8.93. The van der Waals surface area contributed by atoms with Gasteiger partial charge >= 0.3 is 5.97 Å². The molecule has 0 saturated carbocycles. The van der Waals surface area contributed by atoms with Crippen molar-refractivity contribution in [3.05, 3.63) is 98.6 Å². The molecule has 2 aliphatic heterocycles. The Balaban J connectivity index is 1.23. The number of rotatable bonds is 11. The number of anilines is 3. The monoisotopic (exact) mass is 655 g/mol. The fraction of sp³-hybridized carbons (Fsp3) is 0.333. The minimum atomic E-state index is -1.67. The maximum atomic E-state index is 12.1. The van der Waals surface area contributed by atoms with Crippen molar-refractivity contribution in [2.75, 3.05) is 42.3 Å². The number of hydrogen-bond acceptors (Lipinski definition) is 13. The van der Waals surface area contributed by atoms with E-state index in [4.69, 9.17) is 19.4 Å². The number of methoxy groups -OCH3 is 1. The van der Waals surface area contributed by atoms with Gasteiger partial charge < -0.3 is 40.3 Å². The zero-order valence-corrected chi connectivity index (χ0v) is 25.8. The van der Waals surface area contributed by atoms with Crippen molar-refractivity contribution in [1.82, 2.24) is 19.5 Å². The second-order valence-corrected chi connectivity index (χ2v) is 11.9. The fourth-order valence-electron chi connectivity index (χ4n) is 6.41. The van der Waals surface area contributed by atoms with Gasteiger partial charge in [0.1, 0.15) is 17.9 Å².